The van der Waals surface area contributed by atoms with Gasteiger partial charge in [-0.25, -0.2) is 4.39 Å². The summed E-state index contributed by atoms with van der Waals surface area (Å²) in [5, 5.41) is 3.09. The molecule has 3 N–H and O–H groups in total. The van der Waals surface area contributed by atoms with Crippen molar-refractivity contribution in [3.05, 3.63) is 53.3 Å². The quantitative estimate of drug-likeness (QED) is 0.852. The van der Waals surface area contributed by atoms with E-state index in [0.29, 0.717) is 16.5 Å². The molecule has 20 heavy (non-hydrogen) atoms. The summed E-state index contributed by atoms with van der Waals surface area (Å²) in [4.78, 5) is 11.6. The normalized spacial score (nSPS) is 10.1. The van der Waals surface area contributed by atoms with Gasteiger partial charge in [-0.1, -0.05) is 11.6 Å². The maximum Gasteiger partial charge on any atom is 0.262 e. The highest BCUT2D eigenvalue weighted by atomic mass is 35.5. The summed E-state index contributed by atoms with van der Waals surface area (Å²) in [6.45, 7) is -0.187. The molecule has 6 heteroatoms. The van der Waals surface area contributed by atoms with Gasteiger partial charge in [0.1, 0.15) is 11.6 Å². The molecule has 0 aromatic heterocycles. The molecular formula is C14H12ClFN2O2. The molecule has 4 nitrogen and oxygen atoms in total. The highest BCUT2D eigenvalue weighted by Crippen LogP contribution is 2.17. The first-order valence-corrected chi connectivity index (χ1v) is 6.15. The van der Waals surface area contributed by atoms with Crippen molar-refractivity contribution in [2.45, 2.75) is 0 Å². The first-order valence-electron chi connectivity index (χ1n) is 5.78. The highest BCUT2D eigenvalue weighted by Gasteiger charge is 2.06. The predicted octanol–water partition coefficient (Wildman–Crippen LogP) is 3.08. The van der Waals surface area contributed by atoms with E-state index in [0.717, 1.165) is 6.07 Å². The van der Waals surface area contributed by atoms with Crippen LogP contribution in [0, 0.1) is 5.82 Å². The molecule has 2 aromatic rings. The molecule has 0 spiro atoms. The van der Waals surface area contributed by atoms with Gasteiger partial charge in [-0.2, -0.15) is 0 Å². The van der Waals surface area contributed by atoms with Crippen molar-refractivity contribution in [2.75, 3.05) is 17.7 Å². The monoisotopic (exact) mass is 294 g/mol. The number of anilines is 2. The van der Waals surface area contributed by atoms with Crippen LogP contribution in [0.15, 0.2) is 42.5 Å². The van der Waals surface area contributed by atoms with E-state index in [1.807, 2.05) is 0 Å². The Hall–Kier alpha value is -2.27. The molecule has 0 saturated heterocycles. The van der Waals surface area contributed by atoms with Gasteiger partial charge >= 0.3 is 0 Å². The zero-order chi connectivity index (χ0) is 14.5. The topological polar surface area (TPSA) is 64.3 Å². The lowest BCUT2D eigenvalue weighted by molar-refractivity contribution is -0.118. The van der Waals surface area contributed by atoms with Crippen molar-refractivity contribution >= 4 is 28.9 Å². The van der Waals surface area contributed by atoms with Crippen molar-refractivity contribution in [1.82, 2.24) is 0 Å². The number of nitrogens with two attached hydrogens (primary N) is 1. The second-order valence-electron chi connectivity index (χ2n) is 4.03. The average Bonchev–Trinajstić information content (AvgIpc) is 2.42. The Kier molecular flexibility index (Phi) is 4.42. The predicted molar refractivity (Wildman–Crippen MR) is 76.4 cm³/mol. The number of nitrogen functional groups attached to an aromatic ring is 1. The van der Waals surface area contributed by atoms with Gasteiger partial charge in [0.05, 0.1) is 5.69 Å². The van der Waals surface area contributed by atoms with Crippen LogP contribution >= 0.6 is 11.6 Å². The number of nitrogens with one attached hydrogen (secondary N) is 1. The van der Waals surface area contributed by atoms with E-state index in [-0.39, 0.29) is 12.3 Å². The first kappa shape index (κ1) is 14.1. The molecule has 0 radical (unpaired) electrons. The molecule has 0 aliphatic carbocycles. The van der Waals surface area contributed by atoms with Crippen molar-refractivity contribution in [1.29, 1.82) is 0 Å². The van der Waals surface area contributed by atoms with E-state index >= 15 is 0 Å². The van der Waals surface area contributed by atoms with E-state index in [2.05, 4.69) is 5.32 Å². The SMILES string of the molecule is Nc1ccc(NC(=O)COc2ccc(Cl)cc2)cc1F. The largest absolute Gasteiger partial charge is 0.484 e. The van der Waals surface area contributed by atoms with Crippen molar-refractivity contribution in [2.24, 2.45) is 0 Å². The number of rotatable bonds is 4. The third-order valence-electron chi connectivity index (χ3n) is 2.47. The smallest absolute Gasteiger partial charge is 0.262 e. The fraction of sp³-hybridized carbons (Fsp3) is 0.0714. The Morgan fingerprint density at radius 1 is 1.25 bits per heavy atom. The minimum absolute atomic E-state index is 0.0282. The Balaban J connectivity index is 1.89. The summed E-state index contributed by atoms with van der Waals surface area (Å²) >= 11 is 5.73. The van der Waals surface area contributed by atoms with Crippen LogP contribution in [0.5, 0.6) is 5.75 Å². The van der Waals surface area contributed by atoms with Gasteiger partial charge in [-0.3, -0.25) is 4.79 Å². The maximum absolute atomic E-state index is 13.2. The third kappa shape index (κ3) is 3.86. The van der Waals surface area contributed by atoms with Crippen LogP contribution in [0.25, 0.3) is 0 Å². The molecule has 0 aliphatic rings. The Labute approximate surface area is 120 Å². The number of benzene rings is 2. The summed E-state index contributed by atoms with van der Waals surface area (Å²) in [7, 11) is 0. The number of ether oxygens (including phenoxy) is 1. The van der Waals surface area contributed by atoms with Crippen LogP contribution < -0.4 is 15.8 Å². The summed E-state index contributed by atoms with van der Waals surface area (Å²) in [5.41, 5.74) is 5.69. The molecule has 2 rings (SSSR count). The fourth-order valence-corrected chi connectivity index (χ4v) is 1.61. The van der Waals surface area contributed by atoms with Crippen LogP contribution in [0.4, 0.5) is 15.8 Å². The summed E-state index contributed by atoms with van der Waals surface area (Å²) in [5.74, 6) is -0.460. The Morgan fingerprint density at radius 3 is 2.60 bits per heavy atom. The van der Waals surface area contributed by atoms with E-state index in [1.54, 1.807) is 24.3 Å². The fourth-order valence-electron chi connectivity index (χ4n) is 1.48. The summed E-state index contributed by atoms with van der Waals surface area (Å²) in [6.07, 6.45) is 0. The number of hydrogen-bond donors (Lipinski definition) is 2. The summed E-state index contributed by atoms with van der Waals surface area (Å²) < 4.78 is 18.5. The van der Waals surface area contributed by atoms with Gasteiger partial charge in [-0.15, -0.1) is 0 Å². The molecule has 0 heterocycles. The molecule has 0 saturated carbocycles. The molecule has 0 unspecified atom stereocenters. The van der Waals surface area contributed by atoms with Crippen LogP contribution in [0.3, 0.4) is 0 Å². The molecule has 2 aromatic carbocycles. The van der Waals surface area contributed by atoms with Crippen LogP contribution in [0.1, 0.15) is 0 Å². The lowest BCUT2D eigenvalue weighted by Gasteiger charge is -2.08. The van der Waals surface area contributed by atoms with E-state index in [9.17, 15) is 9.18 Å². The number of carbonyl (C=O) groups is 1. The third-order valence-corrected chi connectivity index (χ3v) is 2.72. The average molecular weight is 295 g/mol. The van der Waals surface area contributed by atoms with E-state index in [1.165, 1.54) is 12.1 Å². The van der Waals surface area contributed by atoms with Crippen molar-refractivity contribution in [3.8, 4) is 5.75 Å². The number of hydrogen-bond acceptors (Lipinski definition) is 3. The molecule has 104 valence electrons. The zero-order valence-corrected chi connectivity index (χ0v) is 11.2. The second-order valence-corrected chi connectivity index (χ2v) is 4.46. The van der Waals surface area contributed by atoms with Crippen LogP contribution in [-0.2, 0) is 4.79 Å². The standard InChI is InChI=1S/C14H12ClFN2O2/c15-9-1-4-11(5-2-9)20-8-14(19)18-10-3-6-13(17)12(16)7-10/h1-7H,8,17H2,(H,18,19). The van der Waals surface area contributed by atoms with E-state index < -0.39 is 11.7 Å². The molecule has 1 amide bonds. The number of amides is 1. The van der Waals surface area contributed by atoms with Gasteiger partial charge in [0.2, 0.25) is 0 Å². The minimum Gasteiger partial charge on any atom is -0.484 e. The zero-order valence-electron chi connectivity index (χ0n) is 10.4. The Morgan fingerprint density at radius 2 is 1.95 bits per heavy atom. The maximum atomic E-state index is 13.2. The van der Waals surface area contributed by atoms with Gasteiger partial charge in [0, 0.05) is 10.7 Å². The lowest BCUT2D eigenvalue weighted by atomic mass is 10.2. The van der Waals surface area contributed by atoms with Crippen molar-refractivity contribution < 1.29 is 13.9 Å². The molecular weight excluding hydrogens is 283 g/mol. The summed E-state index contributed by atoms with van der Waals surface area (Å²) in [6, 6.07) is 10.7. The second kappa shape index (κ2) is 6.25. The molecule has 0 bridgehead atoms. The van der Waals surface area contributed by atoms with Crippen LogP contribution in [-0.4, -0.2) is 12.5 Å². The van der Waals surface area contributed by atoms with Gasteiger partial charge in [-0.05, 0) is 42.5 Å². The molecule has 0 atom stereocenters. The lowest BCUT2D eigenvalue weighted by Crippen LogP contribution is -2.20. The van der Waals surface area contributed by atoms with E-state index in [4.69, 9.17) is 22.1 Å². The highest BCUT2D eigenvalue weighted by molar-refractivity contribution is 6.30. The molecule has 0 fully saturated rings. The minimum atomic E-state index is -0.582. The van der Waals surface area contributed by atoms with Crippen LogP contribution in [0.2, 0.25) is 5.02 Å². The van der Waals surface area contributed by atoms with Gasteiger partial charge in [0.25, 0.3) is 5.91 Å². The van der Waals surface area contributed by atoms with Crippen molar-refractivity contribution in [3.63, 3.8) is 0 Å². The number of halogens is 2. The first-order chi connectivity index (χ1) is 9.54. The number of carbonyl (C=O) groups excluding carboxylic acids is 1. The van der Waals surface area contributed by atoms with Gasteiger partial charge in [0.15, 0.2) is 6.61 Å². The molecule has 0 aliphatic heterocycles. The van der Waals surface area contributed by atoms with Gasteiger partial charge < -0.3 is 15.8 Å². The Bertz CT molecular complexity index is 617.